The Hall–Kier alpha value is -2.43. The van der Waals surface area contributed by atoms with Gasteiger partial charge in [-0.1, -0.05) is 46.0 Å². The van der Waals surface area contributed by atoms with E-state index in [9.17, 15) is 20.0 Å². The number of halogens is 1. The van der Waals surface area contributed by atoms with Gasteiger partial charge in [0.05, 0.1) is 22.1 Å². The fourth-order valence-electron chi connectivity index (χ4n) is 2.56. The highest BCUT2D eigenvalue weighted by Gasteiger charge is 2.33. The molecule has 28 heavy (non-hydrogen) atoms. The molecule has 1 aliphatic rings. The van der Waals surface area contributed by atoms with E-state index in [2.05, 4.69) is 15.9 Å². The molecule has 0 unspecified atom stereocenters. The van der Waals surface area contributed by atoms with Crippen LogP contribution in [0.4, 0.5) is 11.4 Å². The predicted octanol–water partition coefficient (Wildman–Crippen LogP) is 4.87. The topological polar surface area (TPSA) is 92.9 Å². The third kappa shape index (κ3) is 4.03. The molecule has 10 heteroatoms. The van der Waals surface area contributed by atoms with Crippen molar-refractivity contribution in [1.29, 1.82) is 0 Å². The van der Waals surface area contributed by atoms with Crippen molar-refractivity contribution in [3.05, 3.63) is 61.5 Å². The van der Waals surface area contributed by atoms with Crippen LogP contribution in [-0.2, 0) is 4.79 Å². The number of carbonyl (C=O) groups excluding carboxylic acids is 1. The van der Waals surface area contributed by atoms with Gasteiger partial charge in [0.1, 0.15) is 0 Å². The van der Waals surface area contributed by atoms with Gasteiger partial charge in [-0.3, -0.25) is 19.8 Å². The van der Waals surface area contributed by atoms with Gasteiger partial charge in [-0.25, -0.2) is 0 Å². The fraction of sp³-hybridized carbons (Fsp3) is 0.111. The average Bonchev–Trinajstić information content (AvgIpc) is 2.91. The van der Waals surface area contributed by atoms with Crippen LogP contribution in [0.1, 0.15) is 12.5 Å². The second-order valence-electron chi connectivity index (χ2n) is 5.57. The molecule has 0 radical (unpaired) electrons. The molecule has 0 atom stereocenters. The van der Waals surface area contributed by atoms with E-state index in [4.69, 9.17) is 17.0 Å². The minimum Gasteiger partial charge on any atom is -0.500 e. The summed E-state index contributed by atoms with van der Waals surface area (Å²) < 4.78 is 6.43. The highest BCUT2D eigenvalue weighted by atomic mass is 79.9. The van der Waals surface area contributed by atoms with Crippen molar-refractivity contribution in [1.82, 2.24) is 0 Å². The van der Waals surface area contributed by atoms with Crippen LogP contribution in [0, 0.1) is 10.1 Å². The third-order valence-electron chi connectivity index (χ3n) is 3.73. The number of nitro groups is 1. The van der Waals surface area contributed by atoms with Crippen molar-refractivity contribution < 1.29 is 19.6 Å². The normalized spacial score (nSPS) is 15.4. The first-order valence-electron chi connectivity index (χ1n) is 7.99. The molecule has 1 heterocycles. The molecular formula is C18H13BrN2O5S2. The fourth-order valence-corrected chi connectivity index (χ4v) is 4.24. The summed E-state index contributed by atoms with van der Waals surface area (Å²) >= 11 is 9.79. The van der Waals surface area contributed by atoms with Gasteiger partial charge in [-0.15, -0.1) is 0 Å². The molecule has 0 bridgehead atoms. The number of rotatable bonds is 5. The molecule has 2 aromatic carbocycles. The summed E-state index contributed by atoms with van der Waals surface area (Å²) in [5.74, 6) is -0.905. The summed E-state index contributed by atoms with van der Waals surface area (Å²) in [7, 11) is 0. The number of phenols is 1. The Morgan fingerprint density at radius 1 is 1.39 bits per heavy atom. The summed E-state index contributed by atoms with van der Waals surface area (Å²) in [6.07, 6.45) is 1.49. The van der Waals surface area contributed by atoms with E-state index in [1.807, 2.05) is 6.07 Å². The molecule has 0 spiro atoms. The number of phenolic OH excluding ortho intramolecular Hbond substituents is 1. The first-order valence-corrected chi connectivity index (χ1v) is 10.0. The molecule has 1 amide bonds. The summed E-state index contributed by atoms with van der Waals surface area (Å²) in [6, 6.07) is 9.78. The van der Waals surface area contributed by atoms with Gasteiger partial charge in [0.25, 0.3) is 5.91 Å². The number of ether oxygens (including phenoxy) is 1. The van der Waals surface area contributed by atoms with E-state index in [0.717, 1.165) is 16.2 Å². The van der Waals surface area contributed by atoms with Crippen LogP contribution in [-0.4, -0.2) is 26.9 Å². The van der Waals surface area contributed by atoms with Gasteiger partial charge < -0.3 is 9.84 Å². The van der Waals surface area contributed by atoms with E-state index in [-0.39, 0.29) is 18.3 Å². The maximum Gasteiger partial charge on any atom is 0.315 e. The Morgan fingerprint density at radius 3 is 2.79 bits per heavy atom. The van der Waals surface area contributed by atoms with Crippen molar-refractivity contribution in [2.45, 2.75) is 6.92 Å². The number of aromatic hydroxyl groups is 1. The molecule has 1 N–H and O–H groups in total. The minimum atomic E-state index is -0.706. The lowest BCUT2D eigenvalue weighted by molar-refractivity contribution is -0.386. The molecular weight excluding hydrogens is 468 g/mol. The molecule has 1 aliphatic heterocycles. The summed E-state index contributed by atoms with van der Waals surface area (Å²) in [5, 5.41) is 21.2. The van der Waals surface area contributed by atoms with E-state index in [1.54, 1.807) is 25.1 Å². The highest BCUT2D eigenvalue weighted by Crippen LogP contribution is 2.40. The molecule has 0 aliphatic carbocycles. The number of thiocarbonyl (C=S) groups is 1. The lowest BCUT2D eigenvalue weighted by Gasteiger charge is -2.14. The van der Waals surface area contributed by atoms with Gasteiger partial charge in [-0.2, -0.15) is 0 Å². The first kappa shape index (κ1) is 20.3. The van der Waals surface area contributed by atoms with Crippen LogP contribution >= 0.6 is 39.9 Å². The Kier molecular flexibility index (Phi) is 6.01. The number of amides is 1. The van der Waals surface area contributed by atoms with Gasteiger partial charge >= 0.3 is 5.69 Å². The van der Waals surface area contributed by atoms with Crippen molar-refractivity contribution >= 4 is 67.6 Å². The minimum absolute atomic E-state index is 0.0228. The number of hydrogen-bond donors (Lipinski definition) is 1. The zero-order valence-corrected chi connectivity index (χ0v) is 17.6. The Labute approximate surface area is 178 Å². The van der Waals surface area contributed by atoms with Gasteiger partial charge in [0, 0.05) is 10.5 Å². The predicted molar refractivity (Wildman–Crippen MR) is 116 cm³/mol. The van der Waals surface area contributed by atoms with Crippen molar-refractivity contribution in [3.8, 4) is 11.5 Å². The number of anilines is 1. The molecule has 0 saturated carbocycles. The summed E-state index contributed by atoms with van der Waals surface area (Å²) in [5.41, 5.74) is 0.467. The number of nitrogens with zero attached hydrogens (tertiary/aromatic N) is 2. The van der Waals surface area contributed by atoms with Crippen molar-refractivity contribution in [2.75, 3.05) is 11.5 Å². The Morgan fingerprint density at radius 2 is 2.14 bits per heavy atom. The van der Waals surface area contributed by atoms with E-state index < -0.39 is 16.4 Å². The van der Waals surface area contributed by atoms with Crippen LogP contribution in [0.25, 0.3) is 6.08 Å². The molecule has 7 nitrogen and oxygen atoms in total. The number of carbonyl (C=O) groups is 1. The van der Waals surface area contributed by atoms with E-state index in [1.165, 1.54) is 23.1 Å². The largest absolute Gasteiger partial charge is 0.500 e. The Balaban J connectivity index is 2.01. The molecule has 3 rings (SSSR count). The maximum atomic E-state index is 12.8. The average molecular weight is 481 g/mol. The molecule has 1 fully saturated rings. The molecule has 144 valence electrons. The zero-order valence-electron chi connectivity index (χ0n) is 14.4. The second kappa shape index (κ2) is 8.29. The summed E-state index contributed by atoms with van der Waals surface area (Å²) in [4.78, 5) is 25.1. The number of benzene rings is 2. The SMILES string of the molecule is CCOc1cc(/C=C2\SC(=S)N(c3cccc(Br)c3)C2=O)cc([N+](=O)[O-])c1O. The van der Waals surface area contributed by atoms with Crippen LogP contribution in [0.3, 0.4) is 0 Å². The number of hydrogen-bond acceptors (Lipinski definition) is 7. The van der Waals surface area contributed by atoms with Crippen LogP contribution in [0.2, 0.25) is 0 Å². The number of nitro benzene ring substituents is 1. The van der Waals surface area contributed by atoms with Crippen LogP contribution in [0.5, 0.6) is 11.5 Å². The van der Waals surface area contributed by atoms with E-state index >= 15 is 0 Å². The van der Waals surface area contributed by atoms with Gasteiger partial charge in [0.2, 0.25) is 5.75 Å². The molecule has 0 aromatic heterocycles. The van der Waals surface area contributed by atoms with Gasteiger partial charge in [0.15, 0.2) is 10.1 Å². The Bertz CT molecular complexity index is 1030. The van der Waals surface area contributed by atoms with Gasteiger partial charge in [-0.05, 0) is 42.8 Å². The van der Waals surface area contributed by atoms with Crippen LogP contribution in [0.15, 0.2) is 45.8 Å². The smallest absolute Gasteiger partial charge is 0.315 e. The monoisotopic (exact) mass is 480 g/mol. The first-order chi connectivity index (χ1) is 13.3. The maximum absolute atomic E-state index is 12.8. The quantitative estimate of drug-likeness (QED) is 0.282. The zero-order chi connectivity index (χ0) is 20.4. The lowest BCUT2D eigenvalue weighted by Crippen LogP contribution is -2.27. The summed E-state index contributed by atoms with van der Waals surface area (Å²) in [6.45, 7) is 1.92. The number of thioether (sulfide) groups is 1. The standard InChI is InChI=1S/C18H13BrN2O5S2/c1-2-26-14-7-10(6-13(16(14)22)21(24)25)8-15-17(23)20(18(27)28-15)12-5-3-4-11(19)9-12/h3-9,22H,2H2,1H3/b15-8-. The molecule has 1 saturated heterocycles. The lowest BCUT2D eigenvalue weighted by atomic mass is 10.1. The van der Waals surface area contributed by atoms with E-state index in [0.29, 0.717) is 20.5 Å². The molecule has 2 aromatic rings. The van der Waals surface area contributed by atoms with Crippen LogP contribution < -0.4 is 9.64 Å². The van der Waals surface area contributed by atoms with Crippen molar-refractivity contribution in [2.24, 2.45) is 0 Å². The third-order valence-corrected chi connectivity index (χ3v) is 5.53. The van der Waals surface area contributed by atoms with Crippen molar-refractivity contribution in [3.63, 3.8) is 0 Å². The second-order valence-corrected chi connectivity index (χ2v) is 8.17. The highest BCUT2D eigenvalue weighted by molar-refractivity contribution is 9.10.